The molecule has 0 aliphatic heterocycles. The number of hydrogen-bond acceptors (Lipinski definition) is 3. The van der Waals surface area contributed by atoms with Gasteiger partial charge in [0.15, 0.2) is 0 Å². The molecule has 17 heavy (non-hydrogen) atoms. The van der Waals surface area contributed by atoms with E-state index in [2.05, 4.69) is 5.32 Å². The van der Waals surface area contributed by atoms with E-state index in [1.807, 2.05) is 6.26 Å². The van der Waals surface area contributed by atoms with Crippen LogP contribution in [-0.2, 0) is 4.79 Å². The van der Waals surface area contributed by atoms with Crippen LogP contribution in [0.15, 0.2) is 0 Å². The first-order chi connectivity index (χ1) is 8.07. The van der Waals surface area contributed by atoms with Crippen LogP contribution in [0.5, 0.6) is 0 Å². The summed E-state index contributed by atoms with van der Waals surface area (Å²) in [5.74, 6) is 0.175. The van der Waals surface area contributed by atoms with Crippen LogP contribution in [-0.4, -0.2) is 54.2 Å². The van der Waals surface area contributed by atoms with Gasteiger partial charge < -0.3 is 15.3 Å². The first-order valence-corrected chi connectivity index (χ1v) is 7.17. The number of amides is 2. The number of rotatable bonds is 9. The lowest BCUT2D eigenvalue weighted by atomic mass is 10.2. The fraction of sp³-hybridized carbons (Fsp3) is 0.818. The van der Waals surface area contributed by atoms with Crippen LogP contribution in [0.4, 0.5) is 4.79 Å². The van der Waals surface area contributed by atoms with Crippen molar-refractivity contribution in [2.45, 2.75) is 25.7 Å². The van der Waals surface area contributed by atoms with Gasteiger partial charge in [-0.3, -0.25) is 4.79 Å². The van der Waals surface area contributed by atoms with Crippen LogP contribution in [0.3, 0.4) is 0 Å². The van der Waals surface area contributed by atoms with E-state index in [1.54, 1.807) is 23.7 Å². The number of aliphatic carboxylic acids is 1. The third-order valence-electron chi connectivity index (χ3n) is 2.32. The van der Waals surface area contributed by atoms with Crippen molar-refractivity contribution in [3.8, 4) is 0 Å². The van der Waals surface area contributed by atoms with Crippen LogP contribution in [0.25, 0.3) is 0 Å². The third-order valence-corrected chi connectivity index (χ3v) is 2.91. The molecule has 0 spiro atoms. The Kier molecular flexibility index (Phi) is 9.71. The van der Waals surface area contributed by atoms with Gasteiger partial charge in [-0.15, -0.1) is 0 Å². The molecule has 0 rings (SSSR count). The maximum Gasteiger partial charge on any atom is 0.317 e. The molecule has 0 aromatic heterocycles. The molecule has 0 aliphatic carbocycles. The Labute approximate surface area is 107 Å². The lowest BCUT2D eigenvalue weighted by molar-refractivity contribution is -0.137. The molecule has 2 amide bonds. The summed E-state index contributed by atoms with van der Waals surface area (Å²) in [7, 11) is 1.77. The van der Waals surface area contributed by atoms with Crippen molar-refractivity contribution in [1.82, 2.24) is 10.2 Å². The Morgan fingerprint density at radius 2 is 2.00 bits per heavy atom. The van der Waals surface area contributed by atoms with Gasteiger partial charge in [0.1, 0.15) is 0 Å². The first kappa shape index (κ1) is 16.1. The van der Waals surface area contributed by atoms with Gasteiger partial charge in [-0.05, 0) is 19.1 Å². The quantitative estimate of drug-likeness (QED) is 0.620. The fourth-order valence-electron chi connectivity index (χ4n) is 1.24. The summed E-state index contributed by atoms with van der Waals surface area (Å²) in [5.41, 5.74) is 0. The number of urea groups is 1. The molecule has 0 aromatic rings. The van der Waals surface area contributed by atoms with E-state index in [4.69, 9.17) is 5.11 Å². The molecule has 0 aliphatic rings. The Morgan fingerprint density at radius 3 is 2.59 bits per heavy atom. The molecule has 100 valence electrons. The number of nitrogens with one attached hydrogen (secondary N) is 1. The molecular formula is C11H22N2O3S. The van der Waals surface area contributed by atoms with E-state index in [1.165, 1.54) is 0 Å². The zero-order chi connectivity index (χ0) is 13.1. The van der Waals surface area contributed by atoms with E-state index in [0.29, 0.717) is 13.0 Å². The second-order valence-electron chi connectivity index (χ2n) is 3.85. The monoisotopic (exact) mass is 262 g/mol. The molecule has 0 bridgehead atoms. The molecule has 0 saturated carbocycles. The van der Waals surface area contributed by atoms with Crippen molar-refractivity contribution in [3.05, 3.63) is 0 Å². The molecule has 0 unspecified atom stereocenters. The van der Waals surface area contributed by atoms with Crippen molar-refractivity contribution < 1.29 is 14.7 Å². The van der Waals surface area contributed by atoms with Gasteiger partial charge in [0.25, 0.3) is 0 Å². The van der Waals surface area contributed by atoms with Crippen molar-refractivity contribution >= 4 is 23.8 Å². The Hall–Kier alpha value is -0.910. The number of carbonyl (C=O) groups excluding carboxylic acids is 1. The zero-order valence-electron chi connectivity index (χ0n) is 10.6. The first-order valence-electron chi connectivity index (χ1n) is 5.77. The Morgan fingerprint density at radius 1 is 1.29 bits per heavy atom. The summed E-state index contributed by atoms with van der Waals surface area (Å²) in [5, 5.41) is 11.2. The maximum absolute atomic E-state index is 11.5. The lowest BCUT2D eigenvalue weighted by Gasteiger charge is -2.17. The number of nitrogens with zero attached hydrogens (tertiary/aromatic N) is 1. The van der Waals surface area contributed by atoms with Gasteiger partial charge in [-0.2, -0.15) is 11.8 Å². The van der Waals surface area contributed by atoms with Crippen molar-refractivity contribution in [2.75, 3.05) is 32.1 Å². The smallest absolute Gasteiger partial charge is 0.317 e. The summed E-state index contributed by atoms with van der Waals surface area (Å²) in [4.78, 5) is 23.4. The number of hydrogen-bond donors (Lipinski definition) is 2. The summed E-state index contributed by atoms with van der Waals surface area (Å²) < 4.78 is 0. The van der Waals surface area contributed by atoms with Crippen molar-refractivity contribution in [2.24, 2.45) is 0 Å². The van der Waals surface area contributed by atoms with Gasteiger partial charge in [0, 0.05) is 32.3 Å². The highest BCUT2D eigenvalue weighted by molar-refractivity contribution is 7.98. The number of carboxylic acids is 1. The minimum Gasteiger partial charge on any atom is -0.481 e. The second kappa shape index (κ2) is 10.3. The van der Waals surface area contributed by atoms with Crippen LogP contribution >= 0.6 is 11.8 Å². The molecular weight excluding hydrogens is 240 g/mol. The van der Waals surface area contributed by atoms with Gasteiger partial charge in [0.05, 0.1) is 0 Å². The van der Waals surface area contributed by atoms with E-state index < -0.39 is 5.97 Å². The zero-order valence-corrected chi connectivity index (χ0v) is 11.4. The average Bonchev–Trinajstić information content (AvgIpc) is 2.29. The molecule has 0 saturated heterocycles. The van der Waals surface area contributed by atoms with Crippen molar-refractivity contribution in [3.63, 3.8) is 0 Å². The average molecular weight is 262 g/mol. The number of unbranched alkanes of at least 4 members (excludes halogenated alkanes) is 2. The summed E-state index contributed by atoms with van der Waals surface area (Å²) >= 11 is 1.71. The molecule has 0 atom stereocenters. The van der Waals surface area contributed by atoms with Gasteiger partial charge in [-0.1, -0.05) is 6.42 Å². The number of carboxylic acid groups (broad SMARTS) is 1. The molecule has 0 heterocycles. The minimum atomic E-state index is -0.758. The standard InChI is InChI=1S/C11H22N2O3S/c1-13(8-9-17-2)11(16)12-7-5-3-4-6-10(14)15/h3-9H2,1-2H3,(H,12,16)(H,14,15). The van der Waals surface area contributed by atoms with Gasteiger partial charge in [-0.25, -0.2) is 4.79 Å². The second-order valence-corrected chi connectivity index (χ2v) is 4.84. The minimum absolute atomic E-state index is 0.0581. The summed E-state index contributed by atoms with van der Waals surface area (Å²) in [6, 6.07) is -0.0581. The van der Waals surface area contributed by atoms with Gasteiger partial charge >= 0.3 is 12.0 Å². The normalized spacial score (nSPS) is 10.0. The molecule has 2 N–H and O–H groups in total. The maximum atomic E-state index is 11.5. The molecule has 0 radical (unpaired) electrons. The van der Waals surface area contributed by atoms with E-state index in [0.717, 1.165) is 25.1 Å². The Bertz CT molecular complexity index is 237. The van der Waals surface area contributed by atoms with Gasteiger partial charge in [0.2, 0.25) is 0 Å². The van der Waals surface area contributed by atoms with Crippen LogP contribution in [0.2, 0.25) is 0 Å². The number of thioether (sulfide) groups is 1. The van der Waals surface area contributed by atoms with Crippen LogP contribution in [0.1, 0.15) is 25.7 Å². The topological polar surface area (TPSA) is 69.6 Å². The van der Waals surface area contributed by atoms with E-state index >= 15 is 0 Å². The molecule has 6 heteroatoms. The molecule has 5 nitrogen and oxygen atoms in total. The summed E-state index contributed by atoms with van der Waals surface area (Å²) in [6.45, 7) is 1.36. The highest BCUT2D eigenvalue weighted by Gasteiger charge is 2.06. The SMILES string of the molecule is CSCCN(C)C(=O)NCCCCCC(=O)O. The van der Waals surface area contributed by atoms with Crippen LogP contribution in [0, 0.1) is 0 Å². The molecule has 0 fully saturated rings. The van der Waals surface area contributed by atoms with E-state index in [-0.39, 0.29) is 12.5 Å². The largest absolute Gasteiger partial charge is 0.481 e. The van der Waals surface area contributed by atoms with Crippen molar-refractivity contribution in [1.29, 1.82) is 0 Å². The van der Waals surface area contributed by atoms with E-state index in [9.17, 15) is 9.59 Å². The third kappa shape index (κ3) is 9.99. The predicted molar refractivity (Wildman–Crippen MR) is 70.5 cm³/mol. The highest BCUT2D eigenvalue weighted by atomic mass is 32.2. The lowest BCUT2D eigenvalue weighted by Crippen LogP contribution is -2.38. The molecule has 0 aromatic carbocycles. The Balaban J connectivity index is 3.41. The number of carbonyl (C=O) groups is 2. The predicted octanol–water partition coefficient (Wildman–Crippen LogP) is 1.64. The van der Waals surface area contributed by atoms with Crippen LogP contribution < -0.4 is 5.32 Å². The highest BCUT2D eigenvalue weighted by Crippen LogP contribution is 1.99. The fourth-order valence-corrected chi connectivity index (χ4v) is 1.69. The summed E-state index contributed by atoms with van der Waals surface area (Å²) in [6.07, 6.45) is 4.56.